The number of halogens is 3. The average Bonchev–Trinajstić information content (AvgIpc) is 3.07. The molecule has 3 aromatic rings. The van der Waals surface area contributed by atoms with Crippen molar-refractivity contribution in [1.82, 2.24) is 0 Å². The number of rotatable bonds is 4. The molecule has 0 aliphatic carbocycles. The fourth-order valence-corrected chi connectivity index (χ4v) is 4.23. The molecular weight excluding hydrogens is 455 g/mol. The van der Waals surface area contributed by atoms with Crippen molar-refractivity contribution in [2.45, 2.75) is 46.0 Å². The van der Waals surface area contributed by atoms with Gasteiger partial charge in [-0.3, -0.25) is 0 Å². The van der Waals surface area contributed by atoms with Gasteiger partial charge in [-0.15, -0.1) is 5.56 Å². The van der Waals surface area contributed by atoms with Crippen molar-refractivity contribution in [3.63, 3.8) is 0 Å². The van der Waals surface area contributed by atoms with Crippen molar-refractivity contribution in [1.29, 1.82) is 0 Å². The van der Waals surface area contributed by atoms with Crippen LogP contribution in [0.25, 0.3) is 0 Å². The third-order valence-corrected chi connectivity index (χ3v) is 5.42. The van der Waals surface area contributed by atoms with Crippen LogP contribution in [0, 0.1) is 5.41 Å². The van der Waals surface area contributed by atoms with E-state index in [0.717, 1.165) is 0 Å². The van der Waals surface area contributed by atoms with Gasteiger partial charge in [0.2, 0.25) is 0 Å². The molecule has 29 heavy (non-hydrogen) atoms. The summed E-state index contributed by atoms with van der Waals surface area (Å²) in [6.07, 6.45) is 0. The molecule has 0 saturated heterocycles. The van der Waals surface area contributed by atoms with Gasteiger partial charge in [0.05, 0.1) is 0 Å². The summed E-state index contributed by atoms with van der Waals surface area (Å²) in [5.74, 6) is 0.540. The summed E-state index contributed by atoms with van der Waals surface area (Å²) in [5.41, 5.74) is 5.36. The summed E-state index contributed by atoms with van der Waals surface area (Å²) in [5, 5.41) is 0. The summed E-state index contributed by atoms with van der Waals surface area (Å²) >= 11 is 0. The molecule has 0 heterocycles. The van der Waals surface area contributed by atoms with E-state index in [1.54, 1.807) is 0 Å². The van der Waals surface area contributed by atoms with E-state index in [1.165, 1.54) is 22.3 Å². The monoisotopic (exact) mass is 482 g/mol. The standard InChI is InChI=1S/C25H29.3ClH.Ti/c1-19(2)20-16-17-23(18-20)25(24(3,4)5,21-12-8-6-9-13-21)22-14-10-7-11-15-22;;;;/h6-19H,1-5H3;3*1H;/q-1;;;;+4/p-3. The largest absolute Gasteiger partial charge is 4.00 e. The molecule has 0 spiro atoms. The summed E-state index contributed by atoms with van der Waals surface area (Å²) in [6, 6.07) is 29.0. The van der Waals surface area contributed by atoms with E-state index in [9.17, 15) is 0 Å². The minimum Gasteiger partial charge on any atom is -1.00 e. The fourth-order valence-electron chi connectivity index (χ4n) is 4.23. The van der Waals surface area contributed by atoms with Gasteiger partial charge in [0.15, 0.2) is 0 Å². The normalized spacial score (nSPS) is 10.8. The summed E-state index contributed by atoms with van der Waals surface area (Å²) in [7, 11) is 0. The van der Waals surface area contributed by atoms with Crippen LogP contribution in [0.4, 0.5) is 0 Å². The van der Waals surface area contributed by atoms with Gasteiger partial charge in [0.25, 0.3) is 0 Å². The molecule has 0 amide bonds. The Labute approximate surface area is 210 Å². The molecule has 0 bridgehead atoms. The van der Waals surface area contributed by atoms with Gasteiger partial charge in [-0.05, 0) is 16.5 Å². The Kier molecular flexibility index (Phi) is 12.9. The van der Waals surface area contributed by atoms with Gasteiger partial charge in [-0.1, -0.05) is 101 Å². The van der Waals surface area contributed by atoms with Crippen LogP contribution in [0.3, 0.4) is 0 Å². The number of hydrogen-bond acceptors (Lipinski definition) is 0. The fraction of sp³-hybridized carbons (Fsp3) is 0.320. The molecule has 3 aromatic carbocycles. The van der Waals surface area contributed by atoms with Crippen molar-refractivity contribution in [2.24, 2.45) is 5.41 Å². The Bertz CT molecular complexity index is 779. The van der Waals surface area contributed by atoms with Crippen molar-refractivity contribution >= 4 is 0 Å². The van der Waals surface area contributed by atoms with Crippen LogP contribution >= 0.6 is 0 Å². The Morgan fingerprint density at radius 1 is 0.690 bits per heavy atom. The Hall–Kier alpha value is -0.626. The molecule has 4 heteroatoms. The third kappa shape index (κ3) is 5.75. The Morgan fingerprint density at radius 3 is 1.41 bits per heavy atom. The Balaban J connectivity index is 0. The first kappa shape index (κ1) is 30.6. The second-order valence-electron chi connectivity index (χ2n) is 8.32. The van der Waals surface area contributed by atoms with Gasteiger partial charge >= 0.3 is 21.7 Å². The molecule has 0 radical (unpaired) electrons. The van der Waals surface area contributed by atoms with Crippen LogP contribution in [0.5, 0.6) is 0 Å². The zero-order valence-corrected chi connectivity index (χ0v) is 21.5. The minimum atomic E-state index is -0.178. The van der Waals surface area contributed by atoms with Crippen molar-refractivity contribution in [2.75, 3.05) is 0 Å². The molecule has 0 aromatic heterocycles. The predicted molar refractivity (Wildman–Crippen MR) is 108 cm³/mol. The van der Waals surface area contributed by atoms with Crippen molar-refractivity contribution in [3.8, 4) is 0 Å². The molecular formula is C25H29Cl3Ti. The Morgan fingerprint density at radius 2 is 1.10 bits per heavy atom. The van der Waals surface area contributed by atoms with Crippen LogP contribution in [0.2, 0.25) is 0 Å². The topological polar surface area (TPSA) is 0 Å². The van der Waals surface area contributed by atoms with Crippen LogP contribution in [-0.4, -0.2) is 0 Å². The van der Waals surface area contributed by atoms with E-state index in [0.29, 0.717) is 5.92 Å². The first-order chi connectivity index (χ1) is 11.9. The number of hydrogen-bond donors (Lipinski definition) is 0. The van der Waals surface area contributed by atoms with Crippen LogP contribution < -0.4 is 37.2 Å². The van der Waals surface area contributed by atoms with Crippen LogP contribution in [0.15, 0.2) is 78.9 Å². The summed E-state index contributed by atoms with van der Waals surface area (Å²) < 4.78 is 0. The van der Waals surface area contributed by atoms with Crippen LogP contribution in [-0.2, 0) is 27.1 Å². The molecule has 0 N–H and O–H groups in total. The second kappa shape index (κ2) is 12.3. The maximum absolute atomic E-state index is 2.41. The van der Waals surface area contributed by atoms with Crippen molar-refractivity contribution < 1.29 is 58.9 Å². The van der Waals surface area contributed by atoms with Gasteiger partial charge < -0.3 is 37.2 Å². The number of benzene rings is 2. The first-order valence-electron chi connectivity index (χ1n) is 9.25. The zero-order chi connectivity index (χ0) is 18.1. The smallest absolute Gasteiger partial charge is 1.00 e. The molecule has 0 aliphatic rings. The molecule has 0 fully saturated rings. The molecule has 3 rings (SSSR count). The first-order valence-corrected chi connectivity index (χ1v) is 9.25. The molecule has 0 aliphatic heterocycles. The molecule has 0 nitrogen and oxygen atoms in total. The predicted octanol–water partition coefficient (Wildman–Crippen LogP) is -2.08. The molecule has 0 saturated carbocycles. The van der Waals surface area contributed by atoms with E-state index in [1.807, 2.05) is 0 Å². The van der Waals surface area contributed by atoms with E-state index < -0.39 is 0 Å². The van der Waals surface area contributed by atoms with E-state index in [4.69, 9.17) is 0 Å². The second-order valence-corrected chi connectivity index (χ2v) is 8.32. The quantitative estimate of drug-likeness (QED) is 0.295. The van der Waals surface area contributed by atoms with E-state index in [2.05, 4.69) is 113 Å². The third-order valence-electron chi connectivity index (χ3n) is 5.42. The SMILES string of the molecule is CC(C)c1cc[c-](C(c2ccccc2)(c2ccccc2)C(C)(C)C)c1.[Cl-].[Cl-].[Cl-].[Ti+4]. The van der Waals surface area contributed by atoms with Crippen LogP contribution in [0.1, 0.15) is 62.8 Å². The minimum absolute atomic E-state index is 0. The summed E-state index contributed by atoms with van der Waals surface area (Å²) in [4.78, 5) is 0. The zero-order valence-electron chi connectivity index (χ0n) is 17.7. The molecule has 0 unspecified atom stereocenters. The average molecular weight is 484 g/mol. The molecule has 154 valence electrons. The van der Waals surface area contributed by atoms with E-state index in [-0.39, 0.29) is 69.8 Å². The van der Waals surface area contributed by atoms with Gasteiger partial charge in [-0.2, -0.15) is 17.7 Å². The molecule has 0 atom stereocenters. The maximum atomic E-state index is 2.41. The van der Waals surface area contributed by atoms with E-state index >= 15 is 0 Å². The van der Waals surface area contributed by atoms with Gasteiger partial charge in [0.1, 0.15) is 0 Å². The maximum Gasteiger partial charge on any atom is 4.00 e. The van der Waals surface area contributed by atoms with Gasteiger partial charge in [-0.25, -0.2) is 6.07 Å². The van der Waals surface area contributed by atoms with Gasteiger partial charge in [0, 0.05) is 5.41 Å². The summed E-state index contributed by atoms with van der Waals surface area (Å²) in [6.45, 7) is 11.6. The van der Waals surface area contributed by atoms with Crippen molar-refractivity contribution in [3.05, 3.63) is 101 Å².